The highest BCUT2D eigenvalue weighted by Gasteiger charge is 2.36. The quantitative estimate of drug-likeness (QED) is 0.225. The summed E-state index contributed by atoms with van der Waals surface area (Å²) in [4.78, 5) is 49.0. The molecule has 0 spiro atoms. The number of nitrogens with zero attached hydrogens (tertiary/aromatic N) is 6. The fourth-order valence-electron chi connectivity index (χ4n) is 4.51. The Labute approximate surface area is 253 Å². The van der Waals surface area contributed by atoms with Crippen LogP contribution in [0.5, 0.6) is 0 Å². The third-order valence-corrected chi connectivity index (χ3v) is 7.46. The van der Waals surface area contributed by atoms with Gasteiger partial charge in [-0.25, -0.2) is 28.5 Å². The molecule has 1 aromatic carbocycles. The molecule has 0 unspecified atom stereocenters. The molecule has 1 saturated heterocycles. The van der Waals surface area contributed by atoms with Crippen molar-refractivity contribution in [2.75, 3.05) is 36.2 Å². The highest BCUT2D eigenvalue weighted by molar-refractivity contribution is 6.13. The van der Waals surface area contributed by atoms with Gasteiger partial charge in [-0.2, -0.15) is 0 Å². The van der Waals surface area contributed by atoms with Crippen molar-refractivity contribution >= 4 is 40.9 Å². The Kier molecular flexibility index (Phi) is 9.12. The number of aromatic nitrogens is 4. The lowest BCUT2D eigenvalue weighted by Crippen LogP contribution is -2.30. The van der Waals surface area contributed by atoms with Crippen LogP contribution >= 0.6 is 0 Å². The molecule has 4 heterocycles. The number of amides is 3. The Morgan fingerprint density at radius 1 is 1.05 bits per heavy atom. The van der Waals surface area contributed by atoms with E-state index in [9.17, 15) is 23.2 Å². The number of likely N-dealkylation sites (N-methyl/N-ethyl adjacent to an activating group) is 1. The molecule has 7 rings (SSSR count). The second-order valence-electron chi connectivity index (χ2n) is 11.0. The number of fused-ring (bicyclic) bond motifs is 1. The number of carbonyl (C=O) groups excluding carboxylic acids is 3. The molecule has 0 atom stereocenters. The summed E-state index contributed by atoms with van der Waals surface area (Å²) in [5.41, 5.74) is 4.15. The fraction of sp³-hybridized carbons (Fsp3) is 0.355. The first-order chi connectivity index (χ1) is 21.2. The van der Waals surface area contributed by atoms with E-state index in [2.05, 4.69) is 25.6 Å². The number of imidazole rings is 1. The lowest BCUT2D eigenvalue weighted by atomic mass is 10.1. The maximum absolute atomic E-state index is 14.2. The van der Waals surface area contributed by atoms with Crippen molar-refractivity contribution in [3.63, 3.8) is 0 Å². The average Bonchev–Trinajstić information content (AvgIpc) is 3.96. The van der Waals surface area contributed by atoms with E-state index in [1.807, 2.05) is 35.9 Å². The second-order valence-corrected chi connectivity index (χ2v) is 11.0. The zero-order chi connectivity index (χ0) is 31.4. The number of nitrogens with one attached hydrogen (secondary N) is 2. The molecule has 4 aromatic rings. The molecule has 3 aromatic heterocycles. The summed E-state index contributed by atoms with van der Waals surface area (Å²) < 4.78 is 29.7. The second kappa shape index (κ2) is 13.1. The molecule has 3 amide bonds. The summed E-state index contributed by atoms with van der Waals surface area (Å²) in [7, 11) is 3.02. The van der Waals surface area contributed by atoms with E-state index in [-0.39, 0.29) is 36.4 Å². The van der Waals surface area contributed by atoms with Crippen LogP contribution in [0.1, 0.15) is 48.6 Å². The first-order valence-electron chi connectivity index (χ1n) is 14.4. The molecule has 1 aliphatic heterocycles. The molecule has 3 fully saturated rings. The summed E-state index contributed by atoms with van der Waals surface area (Å²) in [5.74, 6) is -0.761. The van der Waals surface area contributed by atoms with Gasteiger partial charge in [0, 0.05) is 50.4 Å². The van der Waals surface area contributed by atoms with Gasteiger partial charge in [-0.1, -0.05) is 0 Å². The van der Waals surface area contributed by atoms with Gasteiger partial charge >= 0.3 is 6.03 Å². The molecular formula is C31H34F2N8O3. The summed E-state index contributed by atoms with van der Waals surface area (Å²) in [6.07, 6.45) is 12.5. The summed E-state index contributed by atoms with van der Waals surface area (Å²) in [6, 6.07) is 5.59. The van der Waals surface area contributed by atoms with Crippen LogP contribution in [0.25, 0.3) is 5.65 Å². The minimum Gasteiger partial charge on any atom is -0.386 e. The number of benzene rings is 1. The number of anilines is 3. The van der Waals surface area contributed by atoms with E-state index >= 15 is 0 Å². The molecule has 230 valence electrons. The molecule has 0 radical (unpaired) electrons. The van der Waals surface area contributed by atoms with E-state index in [0.717, 1.165) is 54.2 Å². The maximum atomic E-state index is 14.2. The van der Waals surface area contributed by atoms with E-state index in [1.54, 1.807) is 13.2 Å². The van der Waals surface area contributed by atoms with E-state index < -0.39 is 11.6 Å². The standard InChI is InChI=1S/C22H22F2N6O2.C5H6N2.C4H6O/c1-25-17-7-18(16(24)6-15(17)23)26-8-14-10-29-9-13(12-3-4-12)5-19(21(29)27-14)30-11-20(31)28(2)22(30)32;1-5-2-3-6-4-7-5;5-3-4-1-2-4/h5-7,9-10,12,25-26H,3-4,8,11H2,1-2H3;2-4H,1H3;3-4H,1-2H2. The van der Waals surface area contributed by atoms with Crippen LogP contribution in [0.2, 0.25) is 0 Å². The monoisotopic (exact) mass is 604 g/mol. The molecule has 2 N–H and O–H groups in total. The SMILES string of the molecule is CNc1cc(NCc2cn3cc(C4CC4)cc(N4CC(=O)N(C)C4=O)c3n2)c(F)cc1F.Cc1ccncn1.O=CC1CC1. The number of pyridine rings is 1. The topological polar surface area (TPSA) is 125 Å². The maximum Gasteiger partial charge on any atom is 0.331 e. The number of aryl methyl sites for hydroxylation is 1. The van der Waals surface area contributed by atoms with Crippen LogP contribution in [0.4, 0.5) is 30.6 Å². The predicted octanol–water partition coefficient (Wildman–Crippen LogP) is 4.92. The Morgan fingerprint density at radius 2 is 1.80 bits per heavy atom. The number of rotatable bonds is 7. The van der Waals surface area contributed by atoms with Crippen LogP contribution in [0.15, 0.2) is 49.2 Å². The van der Waals surface area contributed by atoms with Gasteiger partial charge in [-0.3, -0.25) is 14.6 Å². The number of imide groups is 1. The van der Waals surface area contributed by atoms with Crippen molar-refractivity contribution < 1.29 is 23.2 Å². The summed E-state index contributed by atoms with van der Waals surface area (Å²) in [5, 5.41) is 5.64. The predicted molar refractivity (Wildman–Crippen MR) is 161 cm³/mol. The van der Waals surface area contributed by atoms with Crippen molar-refractivity contribution in [3.05, 3.63) is 77.8 Å². The highest BCUT2D eigenvalue weighted by Crippen LogP contribution is 2.42. The van der Waals surface area contributed by atoms with Crippen molar-refractivity contribution in [2.24, 2.45) is 5.92 Å². The summed E-state index contributed by atoms with van der Waals surface area (Å²) in [6.45, 7) is 2.09. The Bertz CT molecular complexity index is 1670. The lowest BCUT2D eigenvalue weighted by molar-refractivity contribution is -0.123. The number of halogens is 2. The van der Waals surface area contributed by atoms with Gasteiger partial charge in [-0.05, 0) is 62.3 Å². The number of carbonyl (C=O) groups is 3. The lowest BCUT2D eigenvalue weighted by Gasteiger charge is -2.17. The molecule has 44 heavy (non-hydrogen) atoms. The van der Waals surface area contributed by atoms with Crippen LogP contribution in [-0.2, 0) is 16.1 Å². The van der Waals surface area contributed by atoms with Gasteiger partial charge in [0.25, 0.3) is 0 Å². The van der Waals surface area contributed by atoms with E-state index in [0.29, 0.717) is 28.9 Å². The first-order valence-corrected chi connectivity index (χ1v) is 14.4. The van der Waals surface area contributed by atoms with Crippen LogP contribution in [0, 0.1) is 24.5 Å². The fourth-order valence-corrected chi connectivity index (χ4v) is 4.51. The Morgan fingerprint density at radius 3 is 2.32 bits per heavy atom. The molecule has 13 heteroatoms. The Hall–Kier alpha value is -4.94. The van der Waals surface area contributed by atoms with Gasteiger partial charge in [0.1, 0.15) is 30.8 Å². The van der Waals surface area contributed by atoms with Gasteiger partial charge in [0.15, 0.2) is 5.65 Å². The van der Waals surface area contributed by atoms with Gasteiger partial charge in [-0.15, -0.1) is 0 Å². The first kappa shape index (κ1) is 30.5. The molecule has 0 bridgehead atoms. The number of aldehydes is 1. The van der Waals surface area contributed by atoms with Crippen LogP contribution in [-0.4, -0.2) is 63.1 Å². The van der Waals surface area contributed by atoms with Gasteiger partial charge in [0.05, 0.1) is 29.3 Å². The molecular weight excluding hydrogens is 570 g/mol. The zero-order valence-corrected chi connectivity index (χ0v) is 24.8. The van der Waals surface area contributed by atoms with Gasteiger partial charge in [0.2, 0.25) is 5.91 Å². The van der Waals surface area contributed by atoms with Crippen molar-refractivity contribution in [2.45, 2.75) is 45.1 Å². The van der Waals surface area contributed by atoms with Crippen molar-refractivity contribution in [1.82, 2.24) is 24.3 Å². The number of hydrogen-bond donors (Lipinski definition) is 2. The third-order valence-electron chi connectivity index (χ3n) is 7.46. The normalized spacial score (nSPS) is 15.8. The van der Waals surface area contributed by atoms with E-state index in [4.69, 9.17) is 0 Å². The minimum atomic E-state index is -0.703. The molecule has 2 aliphatic carbocycles. The minimum absolute atomic E-state index is 0.0346. The van der Waals surface area contributed by atoms with Crippen LogP contribution < -0.4 is 15.5 Å². The van der Waals surface area contributed by atoms with Crippen LogP contribution in [0.3, 0.4) is 0 Å². The molecule has 2 saturated carbocycles. The zero-order valence-electron chi connectivity index (χ0n) is 24.8. The third kappa shape index (κ3) is 7.16. The highest BCUT2D eigenvalue weighted by atomic mass is 19.1. The smallest absolute Gasteiger partial charge is 0.331 e. The number of urea groups is 1. The molecule has 3 aliphatic rings. The van der Waals surface area contributed by atoms with Crippen molar-refractivity contribution in [1.29, 1.82) is 0 Å². The van der Waals surface area contributed by atoms with Crippen molar-refractivity contribution in [3.8, 4) is 0 Å². The summed E-state index contributed by atoms with van der Waals surface area (Å²) >= 11 is 0. The molecule has 11 nitrogen and oxygen atoms in total. The Balaban J connectivity index is 0.000000265. The number of hydrogen-bond acceptors (Lipinski definition) is 8. The average molecular weight is 605 g/mol. The van der Waals surface area contributed by atoms with E-state index in [1.165, 1.54) is 24.3 Å². The van der Waals surface area contributed by atoms with Gasteiger partial charge < -0.3 is 19.8 Å². The largest absolute Gasteiger partial charge is 0.386 e.